The predicted molar refractivity (Wildman–Crippen MR) is 82.1 cm³/mol. The smallest absolute Gasteiger partial charge is 0.244 e. The Morgan fingerprint density at radius 3 is 2.86 bits per heavy atom. The fourth-order valence-corrected chi connectivity index (χ4v) is 3.11. The number of methoxy groups -OCH3 is 1. The van der Waals surface area contributed by atoms with Gasteiger partial charge in [0.2, 0.25) is 5.91 Å². The molecule has 21 heavy (non-hydrogen) atoms. The van der Waals surface area contributed by atoms with Gasteiger partial charge < -0.3 is 9.64 Å². The van der Waals surface area contributed by atoms with Crippen molar-refractivity contribution in [2.24, 2.45) is 0 Å². The third-order valence-corrected chi connectivity index (χ3v) is 4.56. The standard InChI is InChI=1S/C17H24N2O2/c1-3-4-5-11-19-15(18-17(9-10-17)16(19)20)13-7-6-8-14(12-13)21-2/h6-8,12,15,18H,3-5,9-11H2,1-2H3. The van der Waals surface area contributed by atoms with Gasteiger partial charge in [-0.25, -0.2) is 0 Å². The first-order valence-electron chi connectivity index (χ1n) is 7.93. The van der Waals surface area contributed by atoms with Gasteiger partial charge in [0.15, 0.2) is 0 Å². The van der Waals surface area contributed by atoms with Crippen LogP contribution >= 0.6 is 0 Å². The average Bonchev–Trinajstić information content (AvgIpc) is 3.24. The highest BCUT2D eigenvalue weighted by molar-refractivity contribution is 5.92. The van der Waals surface area contributed by atoms with Crippen molar-refractivity contribution in [1.29, 1.82) is 0 Å². The van der Waals surface area contributed by atoms with E-state index in [0.29, 0.717) is 0 Å². The van der Waals surface area contributed by atoms with Crippen LogP contribution in [0.4, 0.5) is 0 Å². The van der Waals surface area contributed by atoms with Crippen molar-refractivity contribution in [3.05, 3.63) is 29.8 Å². The van der Waals surface area contributed by atoms with E-state index in [1.54, 1.807) is 7.11 Å². The van der Waals surface area contributed by atoms with Crippen LogP contribution in [0.1, 0.15) is 50.8 Å². The number of carbonyl (C=O) groups excluding carboxylic acids is 1. The van der Waals surface area contributed by atoms with Crippen LogP contribution in [0.5, 0.6) is 5.75 Å². The van der Waals surface area contributed by atoms with Crippen LogP contribution in [-0.4, -0.2) is 30.0 Å². The van der Waals surface area contributed by atoms with Crippen molar-refractivity contribution >= 4 is 5.91 Å². The Morgan fingerprint density at radius 1 is 1.38 bits per heavy atom. The van der Waals surface area contributed by atoms with E-state index in [0.717, 1.165) is 37.1 Å². The summed E-state index contributed by atoms with van der Waals surface area (Å²) in [5.74, 6) is 1.12. The van der Waals surface area contributed by atoms with E-state index in [4.69, 9.17) is 4.74 Å². The molecule has 3 rings (SSSR count). The first-order valence-corrected chi connectivity index (χ1v) is 7.93. The number of hydrogen-bond donors (Lipinski definition) is 1. The minimum atomic E-state index is -0.264. The fraction of sp³-hybridized carbons (Fsp3) is 0.588. The minimum absolute atomic E-state index is 0.00745. The number of hydrogen-bond acceptors (Lipinski definition) is 3. The Kier molecular flexibility index (Phi) is 3.89. The first-order chi connectivity index (χ1) is 10.2. The maximum absolute atomic E-state index is 12.7. The molecule has 0 bridgehead atoms. The van der Waals surface area contributed by atoms with Gasteiger partial charge in [-0.3, -0.25) is 10.1 Å². The molecule has 1 amide bonds. The van der Waals surface area contributed by atoms with Crippen molar-refractivity contribution in [3.8, 4) is 5.75 Å². The summed E-state index contributed by atoms with van der Waals surface area (Å²) >= 11 is 0. The van der Waals surface area contributed by atoms with Gasteiger partial charge in [-0.1, -0.05) is 31.9 Å². The Balaban J connectivity index is 1.82. The number of carbonyl (C=O) groups is 1. The molecule has 1 aliphatic carbocycles. The van der Waals surface area contributed by atoms with E-state index in [2.05, 4.69) is 18.3 Å². The van der Waals surface area contributed by atoms with Gasteiger partial charge in [-0.2, -0.15) is 0 Å². The van der Waals surface area contributed by atoms with E-state index >= 15 is 0 Å². The number of rotatable bonds is 6. The lowest BCUT2D eigenvalue weighted by atomic mass is 10.1. The van der Waals surface area contributed by atoms with Crippen LogP contribution < -0.4 is 10.1 Å². The lowest BCUT2D eigenvalue weighted by Crippen LogP contribution is -2.33. The zero-order chi connectivity index (χ0) is 14.9. The van der Waals surface area contributed by atoms with Crippen molar-refractivity contribution in [2.45, 2.75) is 50.7 Å². The van der Waals surface area contributed by atoms with Gasteiger partial charge in [0.1, 0.15) is 17.5 Å². The van der Waals surface area contributed by atoms with Gasteiger partial charge >= 0.3 is 0 Å². The molecule has 1 aromatic rings. The van der Waals surface area contributed by atoms with Crippen molar-refractivity contribution in [3.63, 3.8) is 0 Å². The summed E-state index contributed by atoms with van der Waals surface area (Å²) in [6.07, 6.45) is 5.34. The summed E-state index contributed by atoms with van der Waals surface area (Å²) in [7, 11) is 1.67. The van der Waals surface area contributed by atoms with Crippen LogP contribution in [0.25, 0.3) is 0 Å². The second kappa shape index (κ2) is 5.68. The summed E-state index contributed by atoms with van der Waals surface area (Å²) in [4.78, 5) is 14.7. The van der Waals surface area contributed by atoms with Crippen LogP contribution in [0.3, 0.4) is 0 Å². The molecule has 1 aliphatic heterocycles. The van der Waals surface area contributed by atoms with Crippen LogP contribution in [0.15, 0.2) is 24.3 Å². The molecule has 1 heterocycles. The van der Waals surface area contributed by atoms with Crippen LogP contribution in [0, 0.1) is 0 Å². The summed E-state index contributed by atoms with van der Waals surface area (Å²) < 4.78 is 5.31. The molecule has 1 atom stereocenters. The molecule has 1 unspecified atom stereocenters. The fourth-order valence-electron chi connectivity index (χ4n) is 3.11. The lowest BCUT2D eigenvalue weighted by Gasteiger charge is -2.24. The van der Waals surface area contributed by atoms with Gasteiger partial charge in [-0.15, -0.1) is 0 Å². The minimum Gasteiger partial charge on any atom is -0.497 e. The zero-order valence-corrected chi connectivity index (χ0v) is 12.9. The van der Waals surface area contributed by atoms with Crippen molar-refractivity contribution in [1.82, 2.24) is 10.2 Å². The number of nitrogens with one attached hydrogen (secondary N) is 1. The first kappa shape index (κ1) is 14.4. The lowest BCUT2D eigenvalue weighted by molar-refractivity contribution is -0.130. The van der Waals surface area contributed by atoms with Gasteiger partial charge in [0, 0.05) is 6.54 Å². The van der Waals surface area contributed by atoms with Gasteiger partial charge in [0.05, 0.1) is 7.11 Å². The maximum Gasteiger partial charge on any atom is 0.244 e. The largest absolute Gasteiger partial charge is 0.497 e. The molecule has 1 saturated heterocycles. The highest BCUT2D eigenvalue weighted by Gasteiger charge is 2.59. The number of amides is 1. The van der Waals surface area contributed by atoms with E-state index in [9.17, 15) is 4.79 Å². The van der Waals surface area contributed by atoms with E-state index < -0.39 is 0 Å². The van der Waals surface area contributed by atoms with Crippen molar-refractivity contribution in [2.75, 3.05) is 13.7 Å². The highest BCUT2D eigenvalue weighted by atomic mass is 16.5. The zero-order valence-electron chi connectivity index (χ0n) is 12.9. The Labute approximate surface area is 126 Å². The number of benzene rings is 1. The summed E-state index contributed by atoms with van der Waals surface area (Å²) in [6, 6.07) is 8.03. The molecule has 2 aliphatic rings. The Hall–Kier alpha value is -1.55. The molecule has 4 nitrogen and oxygen atoms in total. The second-order valence-corrected chi connectivity index (χ2v) is 6.11. The molecule has 4 heteroatoms. The summed E-state index contributed by atoms with van der Waals surface area (Å²) in [6.45, 7) is 3.02. The van der Waals surface area contributed by atoms with Gasteiger partial charge in [0.25, 0.3) is 0 Å². The molecule has 2 fully saturated rings. The Bertz CT molecular complexity index is 525. The second-order valence-electron chi connectivity index (χ2n) is 6.11. The monoisotopic (exact) mass is 288 g/mol. The molecule has 1 N–H and O–H groups in total. The average molecular weight is 288 g/mol. The SMILES string of the molecule is CCCCCN1C(=O)C2(CC2)NC1c1cccc(OC)c1. The highest BCUT2D eigenvalue weighted by Crippen LogP contribution is 2.46. The third-order valence-electron chi connectivity index (χ3n) is 4.56. The van der Waals surface area contributed by atoms with Crippen LogP contribution in [0.2, 0.25) is 0 Å². The summed E-state index contributed by atoms with van der Waals surface area (Å²) in [5, 5.41) is 3.56. The number of ether oxygens (including phenoxy) is 1. The molecule has 0 radical (unpaired) electrons. The van der Waals surface area contributed by atoms with E-state index in [-0.39, 0.29) is 17.6 Å². The number of nitrogens with zero attached hydrogens (tertiary/aromatic N) is 1. The quantitative estimate of drug-likeness (QED) is 0.818. The Morgan fingerprint density at radius 2 is 2.19 bits per heavy atom. The molecule has 1 aromatic carbocycles. The molecule has 0 aromatic heterocycles. The normalized spacial score (nSPS) is 22.9. The number of unbranched alkanes of at least 4 members (excludes halogenated alkanes) is 2. The van der Waals surface area contributed by atoms with Crippen LogP contribution in [-0.2, 0) is 4.79 Å². The third kappa shape index (κ3) is 2.64. The van der Waals surface area contributed by atoms with Crippen molar-refractivity contribution < 1.29 is 9.53 Å². The molecule has 114 valence electrons. The molecular weight excluding hydrogens is 264 g/mol. The molecule has 1 spiro atoms. The molecular formula is C17H24N2O2. The van der Waals surface area contributed by atoms with E-state index in [1.807, 2.05) is 23.1 Å². The topological polar surface area (TPSA) is 41.6 Å². The van der Waals surface area contributed by atoms with Gasteiger partial charge in [-0.05, 0) is 37.0 Å². The van der Waals surface area contributed by atoms with E-state index in [1.165, 1.54) is 12.8 Å². The summed E-state index contributed by atoms with van der Waals surface area (Å²) in [5.41, 5.74) is 0.850. The molecule has 1 saturated carbocycles. The predicted octanol–water partition coefficient (Wildman–Crippen LogP) is 2.85. The maximum atomic E-state index is 12.7.